The Morgan fingerprint density at radius 1 is 0.878 bits per heavy atom. The summed E-state index contributed by atoms with van der Waals surface area (Å²) in [6.45, 7) is 4.81. The van der Waals surface area contributed by atoms with E-state index in [0.29, 0.717) is 11.1 Å². The Labute approximate surface area is 233 Å². The molecule has 9 nitrogen and oxygen atoms in total. The molecule has 2 aliphatic heterocycles. The van der Waals surface area contributed by atoms with Gasteiger partial charge in [0, 0.05) is 40.5 Å². The van der Waals surface area contributed by atoms with E-state index in [1.807, 2.05) is 0 Å². The molecule has 6 atom stereocenters. The molecule has 1 unspecified atom stereocenters. The van der Waals surface area contributed by atoms with Gasteiger partial charge in [0.25, 0.3) is 0 Å². The fourth-order valence-corrected chi connectivity index (χ4v) is 8.63. The number of benzene rings is 3. The van der Waals surface area contributed by atoms with Crippen LogP contribution in [0.15, 0.2) is 42.5 Å². The molecule has 8 rings (SSSR count). The molecule has 0 aromatic heterocycles. The van der Waals surface area contributed by atoms with Crippen LogP contribution in [0.2, 0.25) is 0 Å². The largest absolute Gasteiger partial charge is 0.507 e. The summed E-state index contributed by atoms with van der Waals surface area (Å²) in [5.74, 6) is -6.64. The highest BCUT2D eigenvalue weighted by molar-refractivity contribution is 6.30. The van der Waals surface area contributed by atoms with Crippen LogP contribution in [-0.2, 0) is 20.7 Å². The van der Waals surface area contributed by atoms with Crippen molar-refractivity contribution in [2.45, 2.75) is 50.1 Å². The molecule has 3 aliphatic carbocycles. The molecule has 2 heterocycles. The second-order valence-electron chi connectivity index (χ2n) is 12.0. The van der Waals surface area contributed by atoms with Gasteiger partial charge in [-0.15, -0.1) is 0 Å². The lowest BCUT2D eigenvalue weighted by Crippen LogP contribution is -2.68. The van der Waals surface area contributed by atoms with E-state index in [1.165, 1.54) is 25.1 Å². The summed E-state index contributed by atoms with van der Waals surface area (Å²) < 4.78 is 13.3. The third-order valence-corrected chi connectivity index (χ3v) is 9.98. The van der Waals surface area contributed by atoms with Crippen molar-refractivity contribution in [3.63, 3.8) is 0 Å². The standard InChI is InChI=1S/C32H24O9/c1-12-9-15-22(20(34)10-12)27(38)23-14(25(15)36)7-8-17-28(23)41-32-16-5-4-6-19(33)24(16)26(37)18-11-21(35)30(3,39)29(13(2)40-32)31(17,18)32/h4-10,13,18,29,33-34,39H,11H2,1-3H3/t13-,18?,29+,30+,31-,32+/m1/s1. The van der Waals surface area contributed by atoms with Gasteiger partial charge in [-0.2, -0.15) is 0 Å². The van der Waals surface area contributed by atoms with Crippen molar-refractivity contribution in [2.24, 2.45) is 11.8 Å². The lowest BCUT2D eigenvalue weighted by atomic mass is 9.45. The number of ether oxygens (including phenoxy) is 2. The van der Waals surface area contributed by atoms with Crippen LogP contribution in [-0.4, -0.2) is 50.2 Å². The summed E-state index contributed by atoms with van der Waals surface area (Å²) >= 11 is 0. The van der Waals surface area contributed by atoms with Crippen LogP contribution in [0.1, 0.15) is 79.2 Å². The van der Waals surface area contributed by atoms with E-state index in [1.54, 1.807) is 38.1 Å². The third-order valence-electron chi connectivity index (χ3n) is 9.98. The van der Waals surface area contributed by atoms with Crippen molar-refractivity contribution < 1.29 is 44.0 Å². The van der Waals surface area contributed by atoms with Crippen LogP contribution >= 0.6 is 0 Å². The highest BCUT2D eigenvalue weighted by atomic mass is 16.7. The van der Waals surface area contributed by atoms with Gasteiger partial charge in [-0.1, -0.05) is 18.2 Å². The van der Waals surface area contributed by atoms with E-state index >= 15 is 0 Å². The molecular weight excluding hydrogens is 528 g/mol. The molecule has 1 saturated carbocycles. The number of Topliss-reactive ketones (excluding diaryl/α,β-unsaturated/α-hetero) is 2. The average Bonchev–Trinajstić information content (AvgIpc) is 3.34. The van der Waals surface area contributed by atoms with Gasteiger partial charge in [-0.05, 0) is 50.6 Å². The van der Waals surface area contributed by atoms with Crippen LogP contribution in [0.3, 0.4) is 0 Å². The number of aromatic hydroxyl groups is 2. The number of aryl methyl sites for hydroxylation is 1. The lowest BCUT2D eigenvalue weighted by Gasteiger charge is -2.54. The zero-order valence-corrected chi connectivity index (χ0v) is 22.3. The molecule has 206 valence electrons. The highest BCUT2D eigenvalue weighted by Gasteiger charge is 2.83. The SMILES string of the molecule is Cc1cc(O)c2c(c1)C(=O)c1ccc3c(c1C2=O)O[C@@]12O[C@H](C)[C@H]4[C@@](C)(O)C(=O)CC(C(=O)c5c(O)cccc51)[C@]342. The first-order chi connectivity index (χ1) is 19.4. The summed E-state index contributed by atoms with van der Waals surface area (Å²) in [6.07, 6.45) is -1.13. The number of carbonyl (C=O) groups excluding carboxylic acids is 4. The van der Waals surface area contributed by atoms with E-state index in [9.17, 15) is 34.5 Å². The van der Waals surface area contributed by atoms with Gasteiger partial charge >= 0.3 is 0 Å². The highest BCUT2D eigenvalue weighted by Crippen LogP contribution is 2.74. The molecule has 3 N–H and O–H groups in total. The minimum Gasteiger partial charge on any atom is -0.507 e. The maximum atomic E-state index is 14.2. The molecule has 9 heteroatoms. The summed E-state index contributed by atoms with van der Waals surface area (Å²) in [7, 11) is 0. The minimum absolute atomic E-state index is 0.00233. The Kier molecular flexibility index (Phi) is 4.24. The number of aliphatic hydroxyl groups is 1. The van der Waals surface area contributed by atoms with Gasteiger partial charge < -0.3 is 24.8 Å². The molecule has 1 saturated heterocycles. The molecule has 2 fully saturated rings. The van der Waals surface area contributed by atoms with Crippen molar-refractivity contribution >= 4 is 23.1 Å². The number of fused-ring (bicyclic) bond motifs is 5. The number of phenols is 2. The number of hydrogen-bond acceptors (Lipinski definition) is 9. The number of carbonyl (C=O) groups is 4. The molecule has 0 bridgehead atoms. The Balaban J connectivity index is 1.50. The van der Waals surface area contributed by atoms with E-state index in [-0.39, 0.29) is 57.1 Å². The van der Waals surface area contributed by atoms with Gasteiger partial charge in [0.2, 0.25) is 11.6 Å². The van der Waals surface area contributed by atoms with E-state index in [2.05, 4.69) is 0 Å². The smallest absolute Gasteiger partial charge is 0.249 e. The summed E-state index contributed by atoms with van der Waals surface area (Å²) in [6, 6.07) is 10.6. The molecular formula is C32H24O9. The zero-order valence-electron chi connectivity index (χ0n) is 22.3. The van der Waals surface area contributed by atoms with Crippen LogP contribution < -0.4 is 4.74 Å². The van der Waals surface area contributed by atoms with Crippen molar-refractivity contribution in [1.82, 2.24) is 0 Å². The second-order valence-corrected chi connectivity index (χ2v) is 12.0. The number of ketones is 4. The number of hydrogen-bond donors (Lipinski definition) is 3. The van der Waals surface area contributed by atoms with Crippen molar-refractivity contribution in [3.05, 3.63) is 87.0 Å². The third kappa shape index (κ3) is 2.40. The topological polar surface area (TPSA) is 147 Å². The summed E-state index contributed by atoms with van der Waals surface area (Å²) in [5, 5.41) is 33.3. The number of rotatable bonds is 0. The normalized spacial score (nSPS) is 33.8. The van der Waals surface area contributed by atoms with Crippen LogP contribution in [0, 0.1) is 18.8 Å². The Morgan fingerprint density at radius 3 is 2.39 bits per heavy atom. The van der Waals surface area contributed by atoms with Gasteiger partial charge in [-0.3, -0.25) is 19.2 Å². The molecule has 1 spiro atoms. The average molecular weight is 553 g/mol. The van der Waals surface area contributed by atoms with Crippen LogP contribution in [0.5, 0.6) is 17.2 Å². The maximum Gasteiger partial charge on any atom is 0.249 e. The quantitative estimate of drug-likeness (QED) is 0.299. The van der Waals surface area contributed by atoms with Gasteiger partial charge in [0.05, 0.1) is 28.2 Å². The molecule has 0 amide bonds. The molecule has 41 heavy (non-hydrogen) atoms. The first kappa shape index (κ1) is 24.5. The molecule has 3 aromatic carbocycles. The molecule has 0 radical (unpaired) electrons. The van der Waals surface area contributed by atoms with Crippen LogP contribution in [0.25, 0.3) is 0 Å². The van der Waals surface area contributed by atoms with E-state index < -0.39 is 57.9 Å². The fourth-order valence-electron chi connectivity index (χ4n) is 8.63. The minimum atomic E-state index is -1.92. The fraction of sp³-hybridized carbons (Fsp3) is 0.312. The first-order valence-corrected chi connectivity index (χ1v) is 13.5. The zero-order chi connectivity index (χ0) is 29.0. The van der Waals surface area contributed by atoms with Gasteiger partial charge in [0.15, 0.2) is 17.3 Å². The Hall–Kier alpha value is -4.34. The van der Waals surface area contributed by atoms with Gasteiger partial charge in [0.1, 0.15) is 22.8 Å². The number of phenolic OH excluding ortho intramolecular Hbond substituents is 2. The second kappa shape index (κ2) is 7.10. The maximum absolute atomic E-state index is 14.2. The predicted molar refractivity (Wildman–Crippen MR) is 140 cm³/mol. The first-order valence-electron chi connectivity index (χ1n) is 13.5. The summed E-state index contributed by atoms with van der Waals surface area (Å²) in [5.41, 5.74) is -2.32. The van der Waals surface area contributed by atoms with Crippen LogP contribution in [0.4, 0.5) is 0 Å². The predicted octanol–water partition coefficient (Wildman–Crippen LogP) is 3.24. The lowest BCUT2D eigenvalue weighted by molar-refractivity contribution is -0.205. The van der Waals surface area contributed by atoms with E-state index in [0.717, 1.165) is 0 Å². The summed E-state index contributed by atoms with van der Waals surface area (Å²) in [4.78, 5) is 55.3. The molecule has 3 aromatic rings. The Bertz CT molecular complexity index is 1850. The van der Waals surface area contributed by atoms with E-state index in [4.69, 9.17) is 9.47 Å². The Morgan fingerprint density at radius 2 is 1.63 bits per heavy atom. The molecule has 5 aliphatic rings. The van der Waals surface area contributed by atoms with Crippen molar-refractivity contribution in [2.75, 3.05) is 0 Å². The van der Waals surface area contributed by atoms with Gasteiger partial charge in [-0.25, -0.2) is 0 Å². The van der Waals surface area contributed by atoms with Crippen molar-refractivity contribution in [3.8, 4) is 17.2 Å². The van der Waals surface area contributed by atoms with Crippen molar-refractivity contribution in [1.29, 1.82) is 0 Å². The monoisotopic (exact) mass is 552 g/mol.